The van der Waals surface area contributed by atoms with E-state index in [0.29, 0.717) is 11.5 Å². The summed E-state index contributed by atoms with van der Waals surface area (Å²) < 4.78 is 11.0. The molecular formula is C16H26N2O3. The lowest BCUT2D eigenvalue weighted by Gasteiger charge is -2.24. The summed E-state index contributed by atoms with van der Waals surface area (Å²) in [5, 5.41) is 2.88. The Morgan fingerprint density at radius 2 is 1.86 bits per heavy atom. The normalized spacial score (nSPS) is 14.2. The molecule has 21 heavy (non-hydrogen) atoms. The van der Waals surface area contributed by atoms with Crippen molar-refractivity contribution in [2.45, 2.75) is 52.3 Å². The monoisotopic (exact) mass is 294 g/mol. The molecule has 1 rings (SSSR count). The summed E-state index contributed by atoms with van der Waals surface area (Å²) in [6.45, 7) is 9.38. The van der Waals surface area contributed by atoms with Gasteiger partial charge >= 0.3 is 0 Å². The lowest BCUT2D eigenvalue weighted by molar-refractivity contribution is -0.128. The van der Waals surface area contributed by atoms with E-state index in [1.165, 1.54) is 0 Å². The summed E-state index contributed by atoms with van der Waals surface area (Å²) >= 11 is 0. The summed E-state index contributed by atoms with van der Waals surface area (Å²) in [5.41, 5.74) is 6.50. The van der Waals surface area contributed by atoms with Crippen molar-refractivity contribution in [3.05, 3.63) is 23.8 Å². The van der Waals surface area contributed by atoms with Crippen molar-refractivity contribution < 1.29 is 14.3 Å². The fourth-order valence-electron chi connectivity index (χ4n) is 1.78. The number of hydrogen-bond acceptors (Lipinski definition) is 4. The average Bonchev–Trinajstić information content (AvgIpc) is 2.36. The van der Waals surface area contributed by atoms with E-state index in [1.54, 1.807) is 20.1 Å². The molecule has 0 aliphatic carbocycles. The van der Waals surface area contributed by atoms with Crippen LogP contribution in [0.2, 0.25) is 0 Å². The van der Waals surface area contributed by atoms with E-state index < -0.39 is 6.10 Å². The van der Waals surface area contributed by atoms with Gasteiger partial charge in [-0.3, -0.25) is 4.79 Å². The summed E-state index contributed by atoms with van der Waals surface area (Å²) in [4.78, 5) is 12.0. The molecule has 0 aromatic heterocycles. The smallest absolute Gasteiger partial charge is 0.261 e. The number of nitrogens with two attached hydrogens (primary N) is 1. The van der Waals surface area contributed by atoms with Crippen molar-refractivity contribution in [1.29, 1.82) is 0 Å². The van der Waals surface area contributed by atoms with Gasteiger partial charge in [-0.15, -0.1) is 0 Å². The van der Waals surface area contributed by atoms with Gasteiger partial charge in [0.25, 0.3) is 5.91 Å². The number of methoxy groups -OCH3 is 1. The van der Waals surface area contributed by atoms with Gasteiger partial charge in [-0.25, -0.2) is 0 Å². The SMILES string of the molecule is COc1cc(C(C)N)ccc1OC(C)C(=O)NC(C)(C)C. The quantitative estimate of drug-likeness (QED) is 0.874. The molecule has 1 aromatic carbocycles. The van der Waals surface area contributed by atoms with Gasteiger partial charge in [0, 0.05) is 11.6 Å². The van der Waals surface area contributed by atoms with E-state index in [2.05, 4.69) is 5.32 Å². The first-order valence-electron chi connectivity index (χ1n) is 7.06. The summed E-state index contributed by atoms with van der Waals surface area (Å²) in [6.07, 6.45) is -0.612. The molecule has 5 nitrogen and oxygen atoms in total. The van der Waals surface area contributed by atoms with Crippen LogP contribution in [0.3, 0.4) is 0 Å². The average molecular weight is 294 g/mol. The second-order valence-electron chi connectivity index (χ2n) is 6.20. The van der Waals surface area contributed by atoms with Gasteiger partial charge < -0.3 is 20.5 Å². The van der Waals surface area contributed by atoms with E-state index in [1.807, 2.05) is 39.8 Å². The molecule has 1 amide bonds. The third-order valence-corrected chi connectivity index (χ3v) is 2.88. The zero-order chi connectivity index (χ0) is 16.2. The largest absolute Gasteiger partial charge is 0.493 e. The third-order valence-electron chi connectivity index (χ3n) is 2.88. The fourth-order valence-corrected chi connectivity index (χ4v) is 1.78. The number of hydrogen-bond donors (Lipinski definition) is 2. The Hall–Kier alpha value is -1.75. The number of amides is 1. The Bertz CT molecular complexity index is 493. The highest BCUT2D eigenvalue weighted by Crippen LogP contribution is 2.30. The molecule has 0 saturated heterocycles. The minimum Gasteiger partial charge on any atom is -0.493 e. The lowest BCUT2D eigenvalue weighted by atomic mass is 10.1. The topological polar surface area (TPSA) is 73.6 Å². The van der Waals surface area contributed by atoms with E-state index in [9.17, 15) is 4.79 Å². The highest BCUT2D eigenvalue weighted by atomic mass is 16.5. The van der Waals surface area contributed by atoms with Gasteiger partial charge in [0.05, 0.1) is 7.11 Å². The molecule has 0 radical (unpaired) electrons. The van der Waals surface area contributed by atoms with Crippen LogP contribution in [0, 0.1) is 0 Å². The van der Waals surface area contributed by atoms with Crippen LogP contribution >= 0.6 is 0 Å². The minimum atomic E-state index is -0.612. The van der Waals surface area contributed by atoms with Crippen LogP contribution < -0.4 is 20.5 Å². The lowest BCUT2D eigenvalue weighted by Crippen LogP contribution is -2.46. The molecule has 0 bridgehead atoms. The van der Waals surface area contributed by atoms with Crippen LogP contribution in [0.5, 0.6) is 11.5 Å². The first-order chi connectivity index (χ1) is 9.64. The van der Waals surface area contributed by atoms with Crippen LogP contribution in [-0.4, -0.2) is 24.7 Å². The molecule has 0 spiro atoms. The van der Waals surface area contributed by atoms with Crippen molar-refractivity contribution in [2.24, 2.45) is 5.73 Å². The number of ether oxygens (including phenoxy) is 2. The van der Waals surface area contributed by atoms with Crippen molar-refractivity contribution in [3.63, 3.8) is 0 Å². The van der Waals surface area contributed by atoms with Crippen molar-refractivity contribution in [1.82, 2.24) is 5.32 Å². The predicted molar refractivity (Wildman–Crippen MR) is 83.6 cm³/mol. The van der Waals surface area contributed by atoms with E-state index in [4.69, 9.17) is 15.2 Å². The summed E-state index contributed by atoms with van der Waals surface area (Å²) in [7, 11) is 1.56. The molecule has 1 aromatic rings. The molecule has 0 saturated carbocycles. The Morgan fingerprint density at radius 3 is 2.33 bits per heavy atom. The standard InChI is InChI=1S/C16H26N2O3/c1-10(17)12-7-8-13(14(9-12)20-6)21-11(2)15(19)18-16(3,4)5/h7-11H,17H2,1-6H3,(H,18,19). The van der Waals surface area contributed by atoms with E-state index >= 15 is 0 Å². The highest BCUT2D eigenvalue weighted by molar-refractivity contribution is 5.81. The van der Waals surface area contributed by atoms with Crippen LogP contribution in [0.25, 0.3) is 0 Å². The number of benzene rings is 1. The Kier molecular flexibility index (Phi) is 5.61. The maximum atomic E-state index is 12.0. The van der Waals surface area contributed by atoms with Crippen LogP contribution in [0.1, 0.15) is 46.2 Å². The van der Waals surface area contributed by atoms with Crippen LogP contribution in [-0.2, 0) is 4.79 Å². The minimum absolute atomic E-state index is 0.0884. The second kappa shape index (κ2) is 6.80. The first-order valence-corrected chi connectivity index (χ1v) is 7.06. The number of carbonyl (C=O) groups is 1. The molecular weight excluding hydrogens is 268 g/mol. The fraction of sp³-hybridized carbons (Fsp3) is 0.562. The molecule has 0 aliphatic rings. The van der Waals surface area contributed by atoms with Crippen LogP contribution in [0.15, 0.2) is 18.2 Å². The maximum Gasteiger partial charge on any atom is 0.261 e. The van der Waals surface area contributed by atoms with Gasteiger partial charge in [-0.2, -0.15) is 0 Å². The number of carbonyl (C=O) groups excluding carboxylic acids is 1. The van der Waals surface area contributed by atoms with Crippen LogP contribution in [0.4, 0.5) is 0 Å². The summed E-state index contributed by atoms with van der Waals surface area (Å²) in [5.74, 6) is 0.930. The third kappa shape index (κ3) is 5.27. The molecule has 0 fully saturated rings. The van der Waals surface area contributed by atoms with Crippen molar-refractivity contribution >= 4 is 5.91 Å². The molecule has 0 aliphatic heterocycles. The van der Waals surface area contributed by atoms with Crippen molar-refractivity contribution in [3.8, 4) is 11.5 Å². The van der Waals surface area contributed by atoms with Gasteiger partial charge in [0.15, 0.2) is 17.6 Å². The second-order valence-corrected chi connectivity index (χ2v) is 6.20. The van der Waals surface area contributed by atoms with Gasteiger partial charge in [-0.1, -0.05) is 6.07 Å². The molecule has 3 N–H and O–H groups in total. The Morgan fingerprint density at radius 1 is 1.24 bits per heavy atom. The number of nitrogens with one attached hydrogen (secondary N) is 1. The van der Waals surface area contributed by atoms with Crippen molar-refractivity contribution in [2.75, 3.05) is 7.11 Å². The molecule has 2 atom stereocenters. The van der Waals surface area contributed by atoms with Gasteiger partial charge in [0.2, 0.25) is 0 Å². The zero-order valence-electron chi connectivity index (χ0n) is 13.7. The maximum absolute atomic E-state index is 12.0. The Balaban J connectivity index is 2.85. The Labute approximate surface area is 126 Å². The van der Waals surface area contributed by atoms with E-state index in [-0.39, 0.29) is 17.5 Å². The zero-order valence-corrected chi connectivity index (χ0v) is 13.7. The van der Waals surface area contributed by atoms with Gasteiger partial charge in [0.1, 0.15) is 0 Å². The first kappa shape index (κ1) is 17.3. The molecule has 2 unspecified atom stereocenters. The molecule has 118 valence electrons. The van der Waals surface area contributed by atoms with E-state index in [0.717, 1.165) is 5.56 Å². The molecule has 5 heteroatoms. The number of rotatable bonds is 5. The molecule has 0 heterocycles. The summed E-state index contributed by atoms with van der Waals surface area (Å²) in [6, 6.07) is 5.39. The van der Waals surface area contributed by atoms with Gasteiger partial charge in [-0.05, 0) is 52.3 Å². The predicted octanol–water partition coefficient (Wildman–Crippen LogP) is 2.40. The highest BCUT2D eigenvalue weighted by Gasteiger charge is 2.21.